The van der Waals surface area contributed by atoms with Crippen LogP contribution in [0.1, 0.15) is 29.1 Å². The molecule has 4 rings (SSSR count). The van der Waals surface area contributed by atoms with Crippen molar-refractivity contribution >= 4 is 56.1 Å². The first kappa shape index (κ1) is 22.0. The molecule has 32 heavy (non-hydrogen) atoms. The van der Waals surface area contributed by atoms with Gasteiger partial charge in [0, 0.05) is 10.2 Å². The molecule has 1 aromatic heterocycles. The maximum Gasteiger partial charge on any atom is 0.253 e. The smallest absolute Gasteiger partial charge is 0.253 e. The number of carbonyl (C=O) groups excluding carboxylic acids is 2. The zero-order chi connectivity index (χ0) is 22.7. The Bertz CT molecular complexity index is 1290. The van der Waals surface area contributed by atoms with E-state index in [1.807, 2.05) is 60.0 Å². The van der Waals surface area contributed by atoms with Crippen LogP contribution in [0.4, 0.5) is 5.69 Å². The number of amides is 2. The van der Waals surface area contributed by atoms with E-state index in [1.54, 1.807) is 24.3 Å². The lowest BCUT2D eigenvalue weighted by molar-refractivity contribution is -0.116. The molecule has 0 saturated carbocycles. The van der Waals surface area contributed by atoms with Crippen LogP contribution in [-0.4, -0.2) is 21.4 Å². The SMILES string of the molecule is CC(NC(=O)c1ccccc1Cl)c1nc2ccccc2n1CC(=O)Nc1ccc(Br)cc1. The number of hydrogen-bond acceptors (Lipinski definition) is 3. The molecule has 3 aromatic carbocycles. The van der Waals surface area contributed by atoms with Crippen molar-refractivity contribution in [3.8, 4) is 0 Å². The fourth-order valence-corrected chi connectivity index (χ4v) is 3.94. The number of anilines is 1. The Kier molecular flexibility index (Phi) is 6.58. The number of carbonyl (C=O) groups is 2. The van der Waals surface area contributed by atoms with Gasteiger partial charge in [-0.3, -0.25) is 9.59 Å². The molecule has 0 aliphatic rings. The van der Waals surface area contributed by atoms with Crippen molar-refractivity contribution < 1.29 is 9.59 Å². The average Bonchev–Trinajstić information content (AvgIpc) is 3.14. The molecule has 1 unspecified atom stereocenters. The molecule has 162 valence electrons. The molecule has 0 saturated heterocycles. The van der Waals surface area contributed by atoms with E-state index >= 15 is 0 Å². The minimum atomic E-state index is -0.452. The zero-order valence-electron chi connectivity index (χ0n) is 17.2. The number of rotatable bonds is 6. The van der Waals surface area contributed by atoms with E-state index < -0.39 is 6.04 Å². The predicted octanol–water partition coefficient (Wildman–Crippen LogP) is 5.58. The van der Waals surface area contributed by atoms with Gasteiger partial charge in [-0.2, -0.15) is 0 Å². The Morgan fingerprint density at radius 1 is 1.03 bits per heavy atom. The maximum absolute atomic E-state index is 12.8. The summed E-state index contributed by atoms with van der Waals surface area (Å²) in [5.41, 5.74) is 2.64. The van der Waals surface area contributed by atoms with Gasteiger partial charge in [0.25, 0.3) is 5.91 Å². The van der Waals surface area contributed by atoms with E-state index in [9.17, 15) is 9.59 Å². The van der Waals surface area contributed by atoms with Gasteiger partial charge >= 0.3 is 0 Å². The van der Waals surface area contributed by atoms with Gasteiger partial charge in [0.05, 0.1) is 27.7 Å². The summed E-state index contributed by atoms with van der Waals surface area (Å²) in [7, 11) is 0. The number of hydrogen-bond donors (Lipinski definition) is 2. The van der Waals surface area contributed by atoms with Crippen LogP contribution >= 0.6 is 27.5 Å². The summed E-state index contributed by atoms with van der Waals surface area (Å²) in [6.45, 7) is 1.89. The van der Waals surface area contributed by atoms with Gasteiger partial charge in [-0.15, -0.1) is 0 Å². The molecule has 1 atom stereocenters. The van der Waals surface area contributed by atoms with Crippen LogP contribution in [0.25, 0.3) is 11.0 Å². The molecule has 1 heterocycles. The molecule has 0 aliphatic heterocycles. The first-order valence-corrected chi connectivity index (χ1v) is 11.2. The maximum atomic E-state index is 12.8. The van der Waals surface area contributed by atoms with E-state index in [-0.39, 0.29) is 18.4 Å². The number of para-hydroxylation sites is 2. The largest absolute Gasteiger partial charge is 0.342 e. The number of nitrogens with one attached hydrogen (secondary N) is 2. The van der Waals surface area contributed by atoms with E-state index in [0.717, 1.165) is 15.5 Å². The van der Waals surface area contributed by atoms with Gasteiger partial charge in [-0.25, -0.2) is 4.98 Å². The number of fused-ring (bicyclic) bond motifs is 1. The molecular weight excluding hydrogens is 492 g/mol. The van der Waals surface area contributed by atoms with Crippen LogP contribution in [0.5, 0.6) is 0 Å². The van der Waals surface area contributed by atoms with Crippen LogP contribution in [0.15, 0.2) is 77.3 Å². The third-order valence-corrected chi connectivity index (χ3v) is 5.83. The summed E-state index contributed by atoms with van der Waals surface area (Å²) < 4.78 is 2.75. The number of nitrogens with zero attached hydrogens (tertiary/aromatic N) is 2. The fourth-order valence-electron chi connectivity index (χ4n) is 3.45. The van der Waals surface area contributed by atoms with Gasteiger partial charge in [-0.05, 0) is 55.5 Å². The number of halogens is 2. The van der Waals surface area contributed by atoms with E-state index in [1.165, 1.54) is 0 Å². The third kappa shape index (κ3) is 4.84. The third-order valence-electron chi connectivity index (χ3n) is 4.97. The van der Waals surface area contributed by atoms with Crippen molar-refractivity contribution in [3.05, 3.63) is 93.7 Å². The summed E-state index contributed by atoms with van der Waals surface area (Å²) in [6, 6.07) is 21.3. The summed E-state index contributed by atoms with van der Waals surface area (Å²) in [4.78, 5) is 30.2. The highest BCUT2D eigenvalue weighted by atomic mass is 79.9. The summed E-state index contributed by atoms with van der Waals surface area (Å²) in [5, 5.41) is 6.21. The Morgan fingerprint density at radius 2 is 1.72 bits per heavy atom. The van der Waals surface area contributed by atoms with Crippen molar-refractivity contribution in [2.75, 3.05) is 5.32 Å². The highest BCUT2D eigenvalue weighted by Gasteiger charge is 2.21. The minimum Gasteiger partial charge on any atom is -0.342 e. The van der Waals surface area contributed by atoms with E-state index in [4.69, 9.17) is 11.6 Å². The van der Waals surface area contributed by atoms with Crippen molar-refractivity contribution in [1.82, 2.24) is 14.9 Å². The lowest BCUT2D eigenvalue weighted by atomic mass is 10.2. The number of aromatic nitrogens is 2. The minimum absolute atomic E-state index is 0.0538. The van der Waals surface area contributed by atoms with Gasteiger partial charge in [0.1, 0.15) is 12.4 Å². The fraction of sp³-hybridized carbons (Fsp3) is 0.125. The molecule has 6 nitrogen and oxygen atoms in total. The van der Waals surface area contributed by atoms with Crippen molar-refractivity contribution in [1.29, 1.82) is 0 Å². The summed E-state index contributed by atoms with van der Waals surface area (Å²) in [6.07, 6.45) is 0. The standard InChI is InChI=1S/C24H20BrClN4O2/c1-15(27-24(32)18-6-2-3-7-19(18)26)23-29-20-8-4-5-9-21(20)30(23)14-22(31)28-17-12-10-16(25)11-13-17/h2-13,15H,14H2,1H3,(H,27,32)(H,28,31). The average molecular weight is 512 g/mol. The first-order valence-electron chi connectivity index (χ1n) is 9.98. The normalized spacial score (nSPS) is 11.8. The molecular formula is C24H20BrClN4O2. The Labute approximate surface area is 198 Å². The topological polar surface area (TPSA) is 76.0 Å². The van der Waals surface area contributed by atoms with Crippen molar-refractivity contribution in [2.45, 2.75) is 19.5 Å². The van der Waals surface area contributed by atoms with Crippen LogP contribution in [0.2, 0.25) is 5.02 Å². The molecule has 0 fully saturated rings. The van der Waals surface area contributed by atoms with Gasteiger partial charge in [0.2, 0.25) is 5.91 Å². The van der Waals surface area contributed by atoms with Crippen LogP contribution in [-0.2, 0) is 11.3 Å². The molecule has 4 aromatic rings. The van der Waals surface area contributed by atoms with Gasteiger partial charge in [0.15, 0.2) is 0 Å². The molecule has 0 aliphatic carbocycles. The molecule has 0 radical (unpaired) electrons. The Hall–Kier alpha value is -3.16. The summed E-state index contributed by atoms with van der Waals surface area (Å²) in [5.74, 6) is 0.0833. The Morgan fingerprint density at radius 3 is 2.47 bits per heavy atom. The highest BCUT2D eigenvalue weighted by molar-refractivity contribution is 9.10. The monoisotopic (exact) mass is 510 g/mol. The van der Waals surface area contributed by atoms with Crippen molar-refractivity contribution in [2.24, 2.45) is 0 Å². The molecule has 8 heteroatoms. The zero-order valence-corrected chi connectivity index (χ0v) is 19.5. The number of imidazole rings is 1. The lowest BCUT2D eigenvalue weighted by Crippen LogP contribution is -2.30. The lowest BCUT2D eigenvalue weighted by Gasteiger charge is -2.17. The van der Waals surface area contributed by atoms with E-state index in [2.05, 4.69) is 31.5 Å². The second-order valence-corrected chi connectivity index (χ2v) is 8.60. The predicted molar refractivity (Wildman–Crippen MR) is 130 cm³/mol. The Balaban J connectivity index is 1.59. The van der Waals surface area contributed by atoms with Crippen LogP contribution < -0.4 is 10.6 Å². The van der Waals surface area contributed by atoms with Crippen molar-refractivity contribution in [3.63, 3.8) is 0 Å². The van der Waals surface area contributed by atoms with E-state index in [0.29, 0.717) is 22.1 Å². The van der Waals surface area contributed by atoms with Crippen LogP contribution in [0, 0.1) is 0 Å². The second-order valence-electron chi connectivity index (χ2n) is 7.27. The molecule has 2 amide bonds. The quantitative estimate of drug-likeness (QED) is 0.355. The summed E-state index contributed by atoms with van der Waals surface area (Å²) >= 11 is 9.55. The molecule has 0 spiro atoms. The first-order chi connectivity index (χ1) is 15.4. The number of benzene rings is 3. The highest BCUT2D eigenvalue weighted by Crippen LogP contribution is 2.23. The van der Waals surface area contributed by atoms with Crippen LogP contribution in [0.3, 0.4) is 0 Å². The molecule has 0 bridgehead atoms. The second kappa shape index (κ2) is 9.54. The van der Waals surface area contributed by atoms with Gasteiger partial charge < -0.3 is 15.2 Å². The van der Waals surface area contributed by atoms with Gasteiger partial charge in [-0.1, -0.05) is 51.8 Å². The molecule has 2 N–H and O–H groups in total.